The molecule has 0 aromatic carbocycles. The summed E-state index contributed by atoms with van der Waals surface area (Å²) >= 11 is 0. The molecular formula is C10H21N5O7W. The van der Waals surface area contributed by atoms with Gasteiger partial charge in [0.15, 0.2) is 17.9 Å². The molecule has 0 aliphatic carbocycles. The Kier molecular flexibility index (Phi) is 9.71. The first-order valence-electron chi connectivity index (χ1n) is 5.87. The Morgan fingerprint density at radius 1 is 1.26 bits per heavy atom. The average Bonchev–Trinajstić information content (AvgIpc) is 2.94. The summed E-state index contributed by atoms with van der Waals surface area (Å²) in [5.74, 6) is 0.807. The van der Waals surface area contributed by atoms with Gasteiger partial charge in [0.25, 0.3) is 0 Å². The van der Waals surface area contributed by atoms with Crippen molar-refractivity contribution < 1.29 is 57.6 Å². The molecule has 134 valence electrons. The standard InChI is InChI=1S/C10H15N5O4.3H2O.W/c11-8-5-9(13-2-12-8)15(3-14-5)10-7(18)6(17)4(1-16)19-10;;;;/h2,4,6-7,10,14,16-18H,1,3H2,(H2,11,12,13);3*1H2;. The number of fused-ring (bicyclic) bond motifs is 1. The van der Waals surface area contributed by atoms with E-state index in [-0.39, 0.29) is 44.1 Å². The van der Waals surface area contributed by atoms with Gasteiger partial charge in [-0.15, -0.1) is 0 Å². The SMILES string of the molecule is Nc1ncnc2c1NCN2C1OC(CO)C(O)C1O.O.O.O.[W]. The molecule has 1 aromatic heterocycles. The van der Waals surface area contributed by atoms with Crippen molar-refractivity contribution in [3.63, 3.8) is 0 Å². The van der Waals surface area contributed by atoms with Gasteiger partial charge in [0, 0.05) is 21.1 Å². The molecule has 0 saturated carbocycles. The first-order chi connectivity index (χ1) is 9.13. The van der Waals surface area contributed by atoms with E-state index in [4.69, 9.17) is 15.6 Å². The summed E-state index contributed by atoms with van der Waals surface area (Å²) in [6.45, 7) is -0.0421. The molecule has 4 atom stereocenters. The number of aliphatic hydroxyl groups excluding tert-OH is 3. The van der Waals surface area contributed by atoms with Crippen molar-refractivity contribution in [3.05, 3.63) is 6.33 Å². The van der Waals surface area contributed by atoms with Gasteiger partial charge in [-0.2, -0.15) is 0 Å². The number of anilines is 3. The van der Waals surface area contributed by atoms with Crippen LogP contribution in [0, 0.1) is 0 Å². The van der Waals surface area contributed by atoms with E-state index in [1.165, 1.54) is 6.33 Å². The van der Waals surface area contributed by atoms with Crippen LogP contribution in [-0.4, -0.2) is 79.5 Å². The van der Waals surface area contributed by atoms with Gasteiger partial charge in [-0.05, 0) is 0 Å². The van der Waals surface area contributed by atoms with Crippen LogP contribution < -0.4 is 16.0 Å². The third-order valence-corrected chi connectivity index (χ3v) is 3.38. The van der Waals surface area contributed by atoms with E-state index in [0.717, 1.165) is 0 Å². The molecule has 3 heterocycles. The monoisotopic (exact) mass is 507 g/mol. The van der Waals surface area contributed by atoms with Gasteiger partial charge < -0.3 is 52.4 Å². The summed E-state index contributed by atoms with van der Waals surface area (Å²) in [5.41, 5.74) is 6.28. The maximum Gasteiger partial charge on any atom is 0.162 e. The number of aromatic nitrogens is 2. The number of nitrogens with zero attached hydrogens (tertiary/aromatic N) is 3. The number of hydrogen-bond donors (Lipinski definition) is 5. The summed E-state index contributed by atoms with van der Waals surface area (Å²) in [4.78, 5) is 9.59. The molecular weight excluding hydrogens is 486 g/mol. The number of ether oxygens (including phenoxy) is 1. The normalized spacial score (nSPS) is 27.5. The van der Waals surface area contributed by atoms with Crippen molar-refractivity contribution in [1.29, 1.82) is 0 Å². The third kappa shape index (κ3) is 3.87. The summed E-state index contributed by atoms with van der Waals surface area (Å²) in [6.07, 6.45) is -2.58. The molecule has 1 fully saturated rings. The first kappa shape index (κ1) is 24.1. The second-order valence-electron chi connectivity index (χ2n) is 4.49. The van der Waals surface area contributed by atoms with Crippen molar-refractivity contribution >= 4 is 17.3 Å². The van der Waals surface area contributed by atoms with Crippen LogP contribution in [0.1, 0.15) is 0 Å². The van der Waals surface area contributed by atoms with Crippen molar-refractivity contribution in [3.8, 4) is 0 Å². The molecule has 2 aliphatic heterocycles. The predicted octanol–water partition coefficient (Wildman–Crippen LogP) is -4.79. The number of nitrogens with two attached hydrogens (primary N) is 1. The van der Waals surface area contributed by atoms with E-state index >= 15 is 0 Å². The topological polar surface area (TPSA) is 231 Å². The first-order valence-corrected chi connectivity index (χ1v) is 5.87. The van der Waals surface area contributed by atoms with Gasteiger partial charge >= 0.3 is 0 Å². The molecule has 0 bridgehead atoms. The van der Waals surface area contributed by atoms with E-state index in [9.17, 15) is 10.2 Å². The van der Waals surface area contributed by atoms with Gasteiger partial charge in [-0.3, -0.25) is 0 Å². The number of nitrogen functional groups attached to an aromatic ring is 1. The molecule has 3 rings (SSSR count). The van der Waals surface area contributed by atoms with Crippen LogP contribution in [0.15, 0.2) is 6.33 Å². The molecule has 12 N–H and O–H groups in total. The molecule has 13 heteroatoms. The fourth-order valence-electron chi connectivity index (χ4n) is 2.36. The molecule has 0 spiro atoms. The minimum Gasteiger partial charge on any atom is -0.412 e. The molecule has 0 radical (unpaired) electrons. The van der Waals surface area contributed by atoms with E-state index in [0.29, 0.717) is 24.0 Å². The van der Waals surface area contributed by atoms with Crippen molar-refractivity contribution in [2.24, 2.45) is 0 Å². The van der Waals surface area contributed by atoms with Crippen LogP contribution in [0.25, 0.3) is 0 Å². The largest absolute Gasteiger partial charge is 0.412 e. The van der Waals surface area contributed by atoms with Crippen molar-refractivity contribution in [2.75, 3.05) is 29.2 Å². The zero-order chi connectivity index (χ0) is 13.6. The molecule has 0 amide bonds. The fourth-order valence-corrected chi connectivity index (χ4v) is 2.36. The van der Waals surface area contributed by atoms with Crippen LogP contribution in [-0.2, 0) is 25.8 Å². The number of rotatable bonds is 2. The summed E-state index contributed by atoms with van der Waals surface area (Å²) in [7, 11) is 0. The molecule has 23 heavy (non-hydrogen) atoms. The molecule has 1 saturated heterocycles. The van der Waals surface area contributed by atoms with Crippen molar-refractivity contribution in [1.82, 2.24) is 9.97 Å². The van der Waals surface area contributed by atoms with E-state index in [1.807, 2.05) is 0 Å². The zero-order valence-electron chi connectivity index (χ0n) is 11.9. The molecule has 1 aromatic rings. The van der Waals surface area contributed by atoms with Crippen LogP contribution >= 0.6 is 0 Å². The smallest absolute Gasteiger partial charge is 0.162 e. The van der Waals surface area contributed by atoms with Gasteiger partial charge in [0.05, 0.1) is 13.3 Å². The van der Waals surface area contributed by atoms with Crippen LogP contribution in [0.4, 0.5) is 17.3 Å². The third-order valence-electron chi connectivity index (χ3n) is 3.38. The van der Waals surface area contributed by atoms with Gasteiger partial charge in [-0.25, -0.2) is 9.97 Å². The Labute approximate surface area is 145 Å². The van der Waals surface area contributed by atoms with E-state index < -0.39 is 24.5 Å². The Morgan fingerprint density at radius 3 is 2.48 bits per heavy atom. The Morgan fingerprint density at radius 2 is 1.91 bits per heavy atom. The molecule has 2 aliphatic rings. The summed E-state index contributed by atoms with van der Waals surface area (Å²) in [5, 5.41) is 31.8. The Balaban J connectivity index is 0. The van der Waals surface area contributed by atoms with Crippen LogP contribution in [0.3, 0.4) is 0 Å². The predicted molar refractivity (Wildman–Crippen MR) is 76.0 cm³/mol. The average molecular weight is 507 g/mol. The van der Waals surface area contributed by atoms with E-state index in [2.05, 4.69) is 15.3 Å². The molecule has 4 unspecified atom stereocenters. The Hall–Kier alpha value is -1.11. The quantitative estimate of drug-likeness (QED) is 0.258. The second kappa shape index (κ2) is 9.25. The summed E-state index contributed by atoms with van der Waals surface area (Å²) in [6, 6.07) is 0. The fraction of sp³-hybridized carbons (Fsp3) is 0.600. The second-order valence-corrected chi connectivity index (χ2v) is 4.49. The number of aliphatic hydroxyl groups is 3. The minimum absolute atomic E-state index is 0. The number of hydrogen-bond acceptors (Lipinski definition) is 9. The van der Waals surface area contributed by atoms with Crippen LogP contribution in [0.2, 0.25) is 0 Å². The Bertz CT molecular complexity index is 499. The maximum absolute atomic E-state index is 9.98. The maximum atomic E-state index is 9.98. The van der Waals surface area contributed by atoms with Crippen LogP contribution in [0.5, 0.6) is 0 Å². The zero-order valence-corrected chi connectivity index (χ0v) is 14.8. The van der Waals surface area contributed by atoms with Crippen molar-refractivity contribution in [2.45, 2.75) is 24.5 Å². The van der Waals surface area contributed by atoms with Gasteiger partial charge in [0.1, 0.15) is 30.3 Å². The van der Waals surface area contributed by atoms with Gasteiger partial charge in [0.2, 0.25) is 0 Å². The number of nitrogens with one attached hydrogen (secondary N) is 1. The molecule has 12 nitrogen and oxygen atoms in total. The van der Waals surface area contributed by atoms with E-state index in [1.54, 1.807) is 4.90 Å². The summed E-state index contributed by atoms with van der Waals surface area (Å²) < 4.78 is 5.45. The van der Waals surface area contributed by atoms with Gasteiger partial charge in [-0.1, -0.05) is 0 Å². The minimum atomic E-state index is -1.14.